The summed E-state index contributed by atoms with van der Waals surface area (Å²) in [5.41, 5.74) is 0.504. The second kappa shape index (κ2) is 3.44. The molecule has 66 valence electrons. The number of nitriles is 1. The van der Waals surface area contributed by atoms with Crippen LogP contribution in [-0.4, -0.2) is 18.1 Å². The molecule has 2 heterocycles. The molecule has 0 saturated carbocycles. The fourth-order valence-corrected chi connectivity index (χ4v) is 1.61. The summed E-state index contributed by atoms with van der Waals surface area (Å²) in [4.78, 5) is 6.46. The van der Waals surface area contributed by atoms with Gasteiger partial charge in [-0.2, -0.15) is 5.26 Å². The van der Waals surface area contributed by atoms with Crippen molar-refractivity contribution in [1.82, 2.24) is 4.98 Å². The summed E-state index contributed by atoms with van der Waals surface area (Å²) in [6, 6.07) is 7.64. The summed E-state index contributed by atoms with van der Waals surface area (Å²) in [6.45, 7) is 2.14. The van der Waals surface area contributed by atoms with Crippen LogP contribution < -0.4 is 4.90 Å². The van der Waals surface area contributed by atoms with Crippen LogP contribution in [0.4, 0.5) is 5.82 Å². The van der Waals surface area contributed by atoms with Gasteiger partial charge < -0.3 is 4.90 Å². The van der Waals surface area contributed by atoms with Gasteiger partial charge >= 0.3 is 0 Å². The van der Waals surface area contributed by atoms with Gasteiger partial charge in [-0.05, 0) is 25.0 Å². The Labute approximate surface area is 77.6 Å². The normalized spacial score (nSPS) is 15.8. The van der Waals surface area contributed by atoms with Gasteiger partial charge in [0, 0.05) is 13.1 Å². The largest absolute Gasteiger partial charge is 0.357 e. The van der Waals surface area contributed by atoms with E-state index in [2.05, 4.69) is 16.0 Å². The lowest BCUT2D eigenvalue weighted by atomic mass is 10.3. The van der Waals surface area contributed by atoms with Crippen LogP contribution >= 0.6 is 0 Å². The summed E-state index contributed by atoms with van der Waals surface area (Å²) in [5, 5.41) is 8.67. The van der Waals surface area contributed by atoms with Gasteiger partial charge in [-0.1, -0.05) is 6.07 Å². The number of hydrogen-bond donors (Lipinski definition) is 0. The van der Waals surface area contributed by atoms with Gasteiger partial charge in [0.25, 0.3) is 0 Å². The van der Waals surface area contributed by atoms with Gasteiger partial charge in [0.2, 0.25) is 0 Å². The van der Waals surface area contributed by atoms with E-state index >= 15 is 0 Å². The van der Waals surface area contributed by atoms with Crippen molar-refractivity contribution < 1.29 is 0 Å². The maximum Gasteiger partial charge on any atom is 0.142 e. The van der Waals surface area contributed by atoms with Crippen LogP contribution in [0.25, 0.3) is 0 Å². The molecular weight excluding hydrogens is 162 g/mol. The van der Waals surface area contributed by atoms with Gasteiger partial charge in [-0.3, -0.25) is 0 Å². The maximum absolute atomic E-state index is 8.67. The second-order valence-corrected chi connectivity index (χ2v) is 3.19. The van der Waals surface area contributed by atoms with E-state index < -0.39 is 0 Å². The molecule has 0 bridgehead atoms. The molecule has 0 N–H and O–H groups in total. The maximum atomic E-state index is 8.67. The van der Waals surface area contributed by atoms with Crippen LogP contribution in [0, 0.1) is 11.3 Å². The van der Waals surface area contributed by atoms with Gasteiger partial charge in [0.1, 0.15) is 17.6 Å². The van der Waals surface area contributed by atoms with E-state index in [1.807, 2.05) is 12.1 Å². The fourth-order valence-electron chi connectivity index (χ4n) is 1.61. The molecule has 0 atom stereocenters. The van der Waals surface area contributed by atoms with E-state index in [4.69, 9.17) is 5.26 Å². The highest BCUT2D eigenvalue weighted by molar-refractivity contribution is 5.42. The molecule has 0 spiro atoms. The lowest BCUT2D eigenvalue weighted by Crippen LogP contribution is -2.18. The van der Waals surface area contributed by atoms with Gasteiger partial charge in [0.05, 0.1) is 0 Å². The van der Waals surface area contributed by atoms with Gasteiger partial charge in [-0.15, -0.1) is 0 Å². The first-order chi connectivity index (χ1) is 6.40. The van der Waals surface area contributed by atoms with E-state index in [9.17, 15) is 0 Å². The molecule has 1 aliphatic rings. The van der Waals surface area contributed by atoms with Crippen molar-refractivity contribution >= 4 is 5.82 Å². The Kier molecular flexibility index (Phi) is 2.13. The Hall–Kier alpha value is -1.56. The molecule has 3 heteroatoms. The highest BCUT2D eigenvalue weighted by atomic mass is 15.2. The van der Waals surface area contributed by atoms with E-state index in [1.165, 1.54) is 12.8 Å². The third kappa shape index (κ3) is 1.62. The Bertz CT molecular complexity index is 334. The molecule has 1 saturated heterocycles. The second-order valence-electron chi connectivity index (χ2n) is 3.19. The molecular formula is C10H11N3. The number of pyridine rings is 1. The minimum atomic E-state index is 0.504. The van der Waals surface area contributed by atoms with E-state index in [1.54, 1.807) is 6.07 Å². The number of aromatic nitrogens is 1. The third-order valence-electron chi connectivity index (χ3n) is 2.28. The molecule has 0 aromatic carbocycles. The van der Waals surface area contributed by atoms with Crippen molar-refractivity contribution in [3.63, 3.8) is 0 Å². The molecule has 0 radical (unpaired) electrons. The van der Waals surface area contributed by atoms with Crippen molar-refractivity contribution in [2.24, 2.45) is 0 Å². The molecule has 0 unspecified atom stereocenters. The highest BCUT2D eigenvalue weighted by Crippen LogP contribution is 2.17. The summed E-state index contributed by atoms with van der Waals surface area (Å²) in [6.07, 6.45) is 2.47. The van der Waals surface area contributed by atoms with Crippen LogP contribution in [0.2, 0.25) is 0 Å². The van der Waals surface area contributed by atoms with Gasteiger partial charge in [-0.25, -0.2) is 4.98 Å². The van der Waals surface area contributed by atoms with Crippen LogP contribution in [0.15, 0.2) is 18.2 Å². The number of nitrogens with zero attached hydrogens (tertiary/aromatic N) is 3. The fraction of sp³-hybridized carbons (Fsp3) is 0.400. The smallest absolute Gasteiger partial charge is 0.142 e. The number of rotatable bonds is 1. The van der Waals surface area contributed by atoms with Crippen LogP contribution in [-0.2, 0) is 0 Å². The lowest BCUT2D eigenvalue weighted by molar-refractivity contribution is 0.934. The minimum Gasteiger partial charge on any atom is -0.357 e. The minimum absolute atomic E-state index is 0.504. The predicted molar refractivity (Wildman–Crippen MR) is 50.4 cm³/mol. The molecule has 0 amide bonds. The Morgan fingerprint density at radius 3 is 2.77 bits per heavy atom. The van der Waals surface area contributed by atoms with Crippen LogP contribution in [0.1, 0.15) is 18.5 Å². The standard InChI is InChI=1S/C10H11N3/c11-8-9-4-3-5-10(12-9)13-6-1-2-7-13/h3-5H,1-2,6-7H2. The molecule has 3 nitrogen and oxygen atoms in total. The quantitative estimate of drug-likeness (QED) is 0.647. The monoisotopic (exact) mass is 173 g/mol. The molecule has 2 rings (SSSR count). The average molecular weight is 173 g/mol. The van der Waals surface area contributed by atoms with Crippen molar-refractivity contribution in [2.75, 3.05) is 18.0 Å². The molecule has 13 heavy (non-hydrogen) atoms. The SMILES string of the molecule is N#Cc1cccc(N2CCCC2)n1. The zero-order chi connectivity index (χ0) is 9.10. The zero-order valence-corrected chi connectivity index (χ0v) is 7.40. The van der Waals surface area contributed by atoms with Crippen LogP contribution in [0.3, 0.4) is 0 Å². The molecule has 1 fully saturated rings. The summed E-state index contributed by atoms with van der Waals surface area (Å²) < 4.78 is 0. The summed E-state index contributed by atoms with van der Waals surface area (Å²) >= 11 is 0. The van der Waals surface area contributed by atoms with E-state index in [0.29, 0.717) is 5.69 Å². The third-order valence-corrected chi connectivity index (χ3v) is 2.28. The van der Waals surface area contributed by atoms with Crippen LogP contribution in [0.5, 0.6) is 0 Å². The Morgan fingerprint density at radius 1 is 1.31 bits per heavy atom. The average Bonchev–Trinajstić information content (AvgIpc) is 2.71. The topological polar surface area (TPSA) is 39.9 Å². The highest BCUT2D eigenvalue weighted by Gasteiger charge is 2.13. The van der Waals surface area contributed by atoms with Crippen molar-refractivity contribution in [3.05, 3.63) is 23.9 Å². The van der Waals surface area contributed by atoms with E-state index in [-0.39, 0.29) is 0 Å². The van der Waals surface area contributed by atoms with E-state index in [0.717, 1.165) is 18.9 Å². The zero-order valence-electron chi connectivity index (χ0n) is 7.40. The van der Waals surface area contributed by atoms with Crippen molar-refractivity contribution in [2.45, 2.75) is 12.8 Å². The van der Waals surface area contributed by atoms with Crippen molar-refractivity contribution in [3.8, 4) is 6.07 Å². The molecule has 1 aliphatic heterocycles. The summed E-state index contributed by atoms with van der Waals surface area (Å²) in [7, 11) is 0. The molecule has 1 aromatic rings. The van der Waals surface area contributed by atoms with Gasteiger partial charge in [0.15, 0.2) is 0 Å². The Morgan fingerprint density at radius 2 is 2.08 bits per heavy atom. The first-order valence-corrected chi connectivity index (χ1v) is 4.52. The molecule has 0 aliphatic carbocycles. The van der Waals surface area contributed by atoms with Crippen molar-refractivity contribution in [1.29, 1.82) is 5.26 Å². The Balaban J connectivity index is 2.25. The number of anilines is 1. The lowest BCUT2D eigenvalue weighted by Gasteiger charge is -2.15. The first-order valence-electron chi connectivity index (χ1n) is 4.52. The first kappa shape index (κ1) is 8.06. The predicted octanol–water partition coefficient (Wildman–Crippen LogP) is 1.55. The number of hydrogen-bond acceptors (Lipinski definition) is 3. The molecule has 1 aromatic heterocycles. The summed E-state index contributed by atoms with van der Waals surface area (Å²) in [5.74, 6) is 0.941.